The first-order chi connectivity index (χ1) is 8.99. The van der Waals surface area contributed by atoms with E-state index in [1.807, 2.05) is 0 Å². The number of piperidine rings is 1. The van der Waals surface area contributed by atoms with Gasteiger partial charge in [0, 0.05) is 38.8 Å². The van der Waals surface area contributed by atoms with Crippen LogP contribution < -0.4 is 5.32 Å². The summed E-state index contributed by atoms with van der Waals surface area (Å²) in [4.78, 5) is 5.29. The van der Waals surface area contributed by atoms with Crippen molar-refractivity contribution in [1.29, 1.82) is 0 Å². The Labute approximate surface area is 119 Å². The fourth-order valence-corrected chi connectivity index (χ4v) is 3.66. The van der Waals surface area contributed by atoms with Crippen molar-refractivity contribution in [2.75, 3.05) is 45.8 Å². The third kappa shape index (κ3) is 4.17. The number of hydrogen-bond donors (Lipinski definition) is 1. The number of nitrogens with one attached hydrogen (secondary N) is 1. The summed E-state index contributed by atoms with van der Waals surface area (Å²) in [6.45, 7) is 18.3. The molecule has 2 aliphatic rings. The minimum atomic E-state index is 0.452. The second kappa shape index (κ2) is 6.55. The van der Waals surface area contributed by atoms with Crippen molar-refractivity contribution in [3.63, 3.8) is 0 Å². The predicted molar refractivity (Wildman–Crippen MR) is 82.5 cm³/mol. The van der Waals surface area contributed by atoms with E-state index in [1.165, 1.54) is 58.7 Å². The van der Waals surface area contributed by atoms with Crippen molar-refractivity contribution >= 4 is 0 Å². The lowest BCUT2D eigenvalue weighted by molar-refractivity contribution is 0.0525. The van der Waals surface area contributed by atoms with Gasteiger partial charge in [-0.3, -0.25) is 4.90 Å². The zero-order valence-electron chi connectivity index (χ0n) is 13.4. The predicted octanol–water partition coefficient (Wildman–Crippen LogP) is 2.04. The zero-order chi connectivity index (χ0) is 13.9. The zero-order valence-corrected chi connectivity index (χ0v) is 13.4. The highest BCUT2D eigenvalue weighted by molar-refractivity contribution is 4.87. The number of rotatable bonds is 4. The molecule has 0 saturated carbocycles. The average Bonchev–Trinajstić information content (AvgIpc) is 2.40. The first-order valence-electron chi connectivity index (χ1n) is 8.16. The molecule has 0 aliphatic carbocycles. The average molecular weight is 267 g/mol. The molecule has 0 aromatic carbocycles. The van der Waals surface area contributed by atoms with Crippen LogP contribution in [0.4, 0.5) is 0 Å². The summed E-state index contributed by atoms with van der Waals surface area (Å²) in [5, 5.41) is 3.57. The summed E-state index contributed by atoms with van der Waals surface area (Å²) in [7, 11) is 0. The Morgan fingerprint density at radius 3 is 2.37 bits per heavy atom. The molecular formula is C16H33N3. The molecule has 2 aliphatic heterocycles. The van der Waals surface area contributed by atoms with Gasteiger partial charge in [0.1, 0.15) is 0 Å². The Kier molecular flexibility index (Phi) is 5.27. The van der Waals surface area contributed by atoms with Crippen LogP contribution in [-0.4, -0.2) is 61.7 Å². The highest BCUT2D eigenvalue weighted by Gasteiger charge is 2.33. The van der Waals surface area contributed by atoms with Crippen molar-refractivity contribution < 1.29 is 0 Å². The van der Waals surface area contributed by atoms with Gasteiger partial charge in [-0.1, -0.05) is 13.8 Å². The van der Waals surface area contributed by atoms with Crippen LogP contribution in [0.3, 0.4) is 0 Å². The molecule has 1 unspecified atom stereocenters. The first kappa shape index (κ1) is 15.3. The topological polar surface area (TPSA) is 18.5 Å². The monoisotopic (exact) mass is 267 g/mol. The standard InChI is InChI=1S/C16H33N3/c1-14(2)19-10-8-18(9-11-19)13-16(3,4)15-6-5-7-17-12-15/h14-15,17H,5-13H2,1-4H3. The normalized spacial score (nSPS) is 27.9. The maximum atomic E-state index is 3.57. The molecule has 1 atom stereocenters. The Hall–Kier alpha value is -0.120. The molecular weight excluding hydrogens is 234 g/mol. The van der Waals surface area contributed by atoms with Gasteiger partial charge in [-0.25, -0.2) is 0 Å². The van der Waals surface area contributed by atoms with Crippen LogP contribution in [0.2, 0.25) is 0 Å². The van der Waals surface area contributed by atoms with Crippen LogP contribution in [0, 0.1) is 11.3 Å². The van der Waals surface area contributed by atoms with E-state index in [0.717, 1.165) is 5.92 Å². The van der Waals surface area contributed by atoms with Gasteiger partial charge in [0.15, 0.2) is 0 Å². The second-order valence-electron chi connectivity index (χ2n) is 7.44. The minimum absolute atomic E-state index is 0.452. The van der Waals surface area contributed by atoms with E-state index >= 15 is 0 Å². The lowest BCUT2D eigenvalue weighted by atomic mass is 9.74. The van der Waals surface area contributed by atoms with Crippen LogP contribution in [-0.2, 0) is 0 Å². The van der Waals surface area contributed by atoms with Gasteiger partial charge in [-0.05, 0) is 51.1 Å². The molecule has 0 aromatic rings. The molecule has 0 radical (unpaired) electrons. The fraction of sp³-hybridized carbons (Fsp3) is 1.00. The quantitative estimate of drug-likeness (QED) is 0.841. The third-order valence-corrected chi connectivity index (χ3v) is 5.17. The molecule has 3 heteroatoms. The van der Waals surface area contributed by atoms with Crippen molar-refractivity contribution in [2.45, 2.75) is 46.6 Å². The molecule has 0 amide bonds. The number of piperazine rings is 1. The third-order valence-electron chi connectivity index (χ3n) is 5.17. The van der Waals surface area contributed by atoms with Crippen LogP contribution in [0.5, 0.6) is 0 Å². The van der Waals surface area contributed by atoms with E-state index in [0.29, 0.717) is 11.5 Å². The van der Waals surface area contributed by atoms with E-state index in [4.69, 9.17) is 0 Å². The van der Waals surface area contributed by atoms with Crippen LogP contribution in [0.25, 0.3) is 0 Å². The van der Waals surface area contributed by atoms with Gasteiger partial charge in [0.25, 0.3) is 0 Å². The molecule has 0 bridgehead atoms. The van der Waals surface area contributed by atoms with Gasteiger partial charge < -0.3 is 10.2 Å². The maximum absolute atomic E-state index is 3.57. The van der Waals surface area contributed by atoms with Crippen molar-refractivity contribution in [2.24, 2.45) is 11.3 Å². The van der Waals surface area contributed by atoms with Crippen molar-refractivity contribution in [1.82, 2.24) is 15.1 Å². The molecule has 1 N–H and O–H groups in total. The maximum Gasteiger partial charge on any atom is 0.0113 e. The van der Waals surface area contributed by atoms with E-state index in [9.17, 15) is 0 Å². The second-order valence-corrected chi connectivity index (χ2v) is 7.44. The van der Waals surface area contributed by atoms with Gasteiger partial charge >= 0.3 is 0 Å². The lowest BCUT2D eigenvalue weighted by Crippen LogP contribution is -2.52. The Morgan fingerprint density at radius 2 is 1.84 bits per heavy atom. The highest BCUT2D eigenvalue weighted by atomic mass is 15.3. The van der Waals surface area contributed by atoms with E-state index in [2.05, 4.69) is 42.8 Å². The Balaban J connectivity index is 1.80. The molecule has 2 rings (SSSR count). The van der Waals surface area contributed by atoms with Crippen molar-refractivity contribution in [3.8, 4) is 0 Å². The van der Waals surface area contributed by atoms with Crippen LogP contribution >= 0.6 is 0 Å². The Morgan fingerprint density at radius 1 is 1.16 bits per heavy atom. The smallest absolute Gasteiger partial charge is 0.0113 e. The SMILES string of the molecule is CC(C)N1CCN(CC(C)(C)C2CCCNC2)CC1. The van der Waals surface area contributed by atoms with Gasteiger partial charge in [0.05, 0.1) is 0 Å². The summed E-state index contributed by atoms with van der Waals surface area (Å²) in [5.41, 5.74) is 0.452. The van der Waals surface area contributed by atoms with E-state index in [-0.39, 0.29) is 0 Å². The summed E-state index contributed by atoms with van der Waals surface area (Å²) in [6, 6.07) is 0.706. The molecule has 2 saturated heterocycles. The Bertz CT molecular complexity index is 261. The molecule has 112 valence electrons. The number of nitrogens with zero attached hydrogens (tertiary/aromatic N) is 2. The molecule has 0 aromatic heterocycles. The summed E-state index contributed by atoms with van der Waals surface area (Å²) in [5.74, 6) is 0.851. The van der Waals surface area contributed by atoms with Crippen molar-refractivity contribution in [3.05, 3.63) is 0 Å². The van der Waals surface area contributed by atoms with Crippen LogP contribution in [0.1, 0.15) is 40.5 Å². The van der Waals surface area contributed by atoms with E-state index in [1.54, 1.807) is 0 Å². The molecule has 0 spiro atoms. The summed E-state index contributed by atoms with van der Waals surface area (Å²) < 4.78 is 0. The molecule has 2 fully saturated rings. The van der Waals surface area contributed by atoms with Gasteiger partial charge in [0.2, 0.25) is 0 Å². The molecule has 19 heavy (non-hydrogen) atoms. The molecule has 2 heterocycles. The minimum Gasteiger partial charge on any atom is -0.316 e. The summed E-state index contributed by atoms with van der Waals surface area (Å²) >= 11 is 0. The largest absolute Gasteiger partial charge is 0.316 e. The van der Waals surface area contributed by atoms with Gasteiger partial charge in [-0.15, -0.1) is 0 Å². The lowest BCUT2D eigenvalue weighted by Gasteiger charge is -2.44. The highest BCUT2D eigenvalue weighted by Crippen LogP contribution is 2.32. The van der Waals surface area contributed by atoms with E-state index < -0.39 is 0 Å². The fourth-order valence-electron chi connectivity index (χ4n) is 3.66. The van der Waals surface area contributed by atoms with Crippen LogP contribution in [0.15, 0.2) is 0 Å². The molecule has 3 nitrogen and oxygen atoms in total. The van der Waals surface area contributed by atoms with Gasteiger partial charge in [-0.2, -0.15) is 0 Å². The first-order valence-corrected chi connectivity index (χ1v) is 8.16. The number of hydrogen-bond acceptors (Lipinski definition) is 3. The summed E-state index contributed by atoms with van der Waals surface area (Å²) in [6.07, 6.45) is 2.77.